The molecule has 132 valence electrons. The molecular weight excluding hydrogens is 316 g/mol. The van der Waals surface area contributed by atoms with E-state index in [0.29, 0.717) is 12.0 Å². The number of esters is 1. The lowest BCUT2D eigenvalue weighted by atomic mass is 10.1. The van der Waals surface area contributed by atoms with Gasteiger partial charge in [-0.1, -0.05) is 69.8 Å². The summed E-state index contributed by atoms with van der Waals surface area (Å²) in [6, 6.07) is 10.2. The molecule has 1 unspecified atom stereocenters. The van der Waals surface area contributed by atoms with Crippen LogP contribution in [0, 0.1) is 0 Å². The van der Waals surface area contributed by atoms with Crippen LogP contribution in [0.1, 0.15) is 38.9 Å². The zero-order valence-electron chi connectivity index (χ0n) is 15.8. The molecule has 0 saturated carbocycles. The smallest absolute Gasteiger partial charge is 0.333 e. The summed E-state index contributed by atoms with van der Waals surface area (Å²) in [6.45, 7) is 14.9. The van der Waals surface area contributed by atoms with Gasteiger partial charge >= 0.3 is 5.97 Å². The van der Waals surface area contributed by atoms with Crippen molar-refractivity contribution in [2.24, 2.45) is 0 Å². The Morgan fingerprint density at radius 1 is 1.25 bits per heavy atom. The first-order valence-electron chi connectivity index (χ1n) is 8.24. The van der Waals surface area contributed by atoms with E-state index in [1.165, 1.54) is 7.11 Å². The normalized spacial score (nSPS) is 13.8. The number of benzene rings is 1. The lowest BCUT2D eigenvalue weighted by Crippen LogP contribution is -2.41. The first-order chi connectivity index (χ1) is 11.1. The van der Waals surface area contributed by atoms with Crippen LogP contribution in [0.2, 0.25) is 18.1 Å². The Balaban J connectivity index is 2.96. The van der Waals surface area contributed by atoms with Crippen LogP contribution in [0.4, 0.5) is 0 Å². The fraction of sp³-hybridized carbons (Fsp3) is 0.450. The molecule has 1 aromatic carbocycles. The van der Waals surface area contributed by atoms with Crippen LogP contribution in [0.15, 0.2) is 54.6 Å². The molecule has 0 heterocycles. The molecule has 1 aromatic rings. The average Bonchev–Trinajstić information content (AvgIpc) is 2.52. The van der Waals surface area contributed by atoms with E-state index >= 15 is 0 Å². The maximum Gasteiger partial charge on any atom is 0.333 e. The molecule has 0 bridgehead atoms. The summed E-state index contributed by atoms with van der Waals surface area (Å²) in [5.74, 6) is -0.374. The summed E-state index contributed by atoms with van der Waals surface area (Å²) in [5, 5.41) is 0.128. The van der Waals surface area contributed by atoms with Crippen molar-refractivity contribution in [2.75, 3.05) is 7.11 Å². The topological polar surface area (TPSA) is 35.5 Å². The van der Waals surface area contributed by atoms with E-state index in [0.717, 1.165) is 5.56 Å². The van der Waals surface area contributed by atoms with Gasteiger partial charge in [0.2, 0.25) is 0 Å². The van der Waals surface area contributed by atoms with Crippen molar-refractivity contribution in [1.29, 1.82) is 0 Å². The molecule has 24 heavy (non-hydrogen) atoms. The maximum absolute atomic E-state index is 11.4. The zero-order chi connectivity index (χ0) is 18.4. The van der Waals surface area contributed by atoms with Gasteiger partial charge in [-0.2, -0.15) is 0 Å². The molecule has 3 nitrogen and oxygen atoms in total. The Kier molecular flexibility index (Phi) is 7.18. The predicted molar refractivity (Wildman–Crippen MR) is 102 cm³/mol. The Morgan fingerprint density at radius 2 is 1.83 bits per heavy atom. The number of carbonyl (C=O) groups is 1. The number of ether oxygens (including phenoxy) is 1. The number of rotatable bonds is 7. The summed E-state index contributed by atoms with van der Waals surface area (Å²) in [5.41, 5.74) is 1.55. The summed E-state index contributed by atoms with van der Waals surface area (Å²) in [4.78, 5) is 11.4. The van der Waals surface area contributed by atoms with Gasteiger partial charge in [0.25, 0.3) is 0 Å². The van der Waals surface area contributed by atoms with Crippen LogP contribution in [0.5, 0.6) is 0 Å². The molecule has 0 saturated heterocycles. The highest BCUT2D eigenvalue weighted by Gasteiger charge is 2.39. The number of hydrogen-bond acceptors (Lipinski definition) is 3. The van der Waals surface area contributed by atoms with Crippen molar-refractivity contribution in [3.05, 3.63) is 60.2 Å². The molecule has 0 aliphatic carbocycles. The summed E-state index contributed by atoms with van der Waals surface area (Å²) < 4.78 is 11.2. The van der Waals surface area contributed by atoms with Gasteiger partial charge in [-0.15, -0.1) is 0 Å². The number of carbonyl (C=O) groups excluding carboxylic acids is 1. The molecule has 0 amide bonds. The van der Waals surface area contributed by atoms with Gasteiger partial charge in [-0.25, -0.2) is 4.79 Å². The first-order valence-corrected chi connectivity index (χ1v) is 11.1. The third-order valence-electron chi connectivity index (χ3n) is 4.51. The Labute approximate surface area is 147 Å². The summed E-state index contributed by atoms with van der Waals surface area (Å²) >= 11 is 0. The van der Waals surface area contributed by atoms with E-state index < -0.39 is 8.32 Å². The van der Waals surface area contributed by atoms with Crippen molar-refractivity contribution in [3.8, 4) is 0 Å². The fourth-order valence-corrected chi connectivity index (χ4v) is 3.12. The van der Waals surface area contributed by atoms with E-state index in [4.69, 9.17) is 4.43 Å². The monoisotopic (exact) mass is 346 g/mol. The van der Waals surface area contributed by atoms with Crippen molar-refractivity contribution >= 4 is 14.3 Å². The molecule has 1 atom stereocenters. The standard InChI is InChI=1S/C20H30O3Si/c1-16(19(21)22-5)12-11-15-18(17-13-9-8-10-14-17)23-24(6,7)20(2,3)4/h8-11,13-15,18H,1,12H2,2-7H3/b15-11-. The lowest BCUT2D eigenvalue weighted by Gasteiger charge is -2.38. The van der Waals surface area contributed by atoms with E-state index in [2.05, 4.69) is 57.3 Å². The van der Waals surface area contributed by atoms with Crippen molar-refractivity contribution in [2.45, 2.75) is 51.4 Å². The van der Waals surface area contributed by atoms with Gasteiger partial charge in [0.1, 0.15) is 0 Å². The second-order valence-electron chi connectivity index (χ2n) is 7.44. The van der Waals surface area contributed by atoms with Crippen molar-refractivity contribution in [3.63, 3.8) is 0 Å². The minimum atomic E-state index is -1.92. The van der Waals surface area contributed by atoms with Crippen molar-refractivity contribution < 1.29 is 14.0 Å². The minimum Gasteiger partial charge on any atom is -0.466 e. The van der Waals surface area contributed by atoms with Crippen LogP contribution in [0.25, 0.3) is 0 Å². The number of allylic oxidation sites excluding steroid dienone is 1. The number of hydrogen-bond donors (Lipinski definition) is 0. The lowest BCUT2D eigenvalue weighted by molar-refractivity contribution is -0.136. The molecule has 0 aliphatic rings. The third kappa shape index (κ3) is 5.76. The second kappa shape index (κ2) is 8.45. The molecule has 0 fully saturated rings. The Morgan fingerprint density at radius 3 is 2.33 bits per heavy atom. The highest BCUT2D eigenvalue weighted by molar-refractivity contribution is 6.74. The van der Waals surface area contributed by atoms with E-state index in [1.54, 1.807) is 0 Å². The van der Waals surface area contributed by atoms with Gasteiger partial charge in [0, 0.05) is 5.57 Å². The van der Waals surface area contributed by atoms with Gasteiger partial charge in [0.05, 0.1) is 13.2 Å². The number of methoxy groups -OCH3 is 1. The highest BCUT2D eigenvalue weighted by atomic mass is 28.4. The third-order valence-corrected chi connectivity index (χ3v) is 8.96. The second-order valence-corrected chi connectivity index (χ2v) is 12.2. The average molecular weight is 347 g/mol. The molecule has 0 spiro atoms. The Bertz CT molecular complexity index is 583. The van der Waals surface area contributed by atoms with E-state index in [-0.39, 0.29) is 17.1 Å². The minimum absolute atomic E-state index is 0.127. The first kappa shape index (κ1) is 20.4. The quantitative estimate of drug-likeness (QED) is 0.286. The van der Waals surface area contributed by atoms with Gasteiger partial charge in [0.15, 0.2) is 8.32 Å². The van der Waals surface area contributed by atoms with Crippen molar-refractivity contribution in [1.82, 2.24) is 0 Å². The molecule has 0 radical (unpaired) electrons. The molecule has 0 aliphatic heterocycles. The largest absolute Gasteiger partial charge is 0.466 e. The zero-order valence-corrected chi connectivity index (χ0v) is 16.8. The summed E-state index contributed by atoms with van der Waals surface area (Å²) in [6.07, 6.45) is 4.28. The SMILES string of the molecule is C=C(C/C=C\C(O[Si](C)(C)C(C)(C)C)c1ccccc1)C(=O)OC. The molecule has 0 aromatic heterocycles. The van der Waals surface area contributed by atoms with Crippen LogP contribution in [0.3, 0.4) is 0 Å². The van der Waals surface area contributed by atoms with Crippen LogP contribution < -0.4 is 0 Å². The molecule has 4 heteroatoms. The van der Waals surface area contributed by atoms with E-state index in [1.807, 2.05) is 30.4 Å². The van der Waals surface area contributed by atoms with Gasteiger partial charge < -0.3 is 9.16 Å². The van der Waals surface area contributed by atoms with Gasteiger partial charge in [-0.05, 0) is 30.1 Å². The van der Waals surface area contributed by atoms with Gasteiger partial charge in [-0.3, -0.25) is 0 Å². The highest BCUT2D eigenvalue weighted by Crippen LogP contribution is 2.40. The van der Waals surface area contributed by atoms with E-state index in [9.17, 15) is 4.79 Å². The Hall–Kier alpha value is -1.65. The maximum atomic E-state index is 11.4. The van der Waals surface area contributed by atoms with Crippen LogP contribution >= 0.6 is 0 Å². The van der Waals surface area contributed by atoms with Crippen LogP contribution in [-0.4, -0.2) is 21.4 Å². The molecule has 0 N–H and O–H groups in total. The predicted octanol–water partition coefficient (Wildman–Crippen LogP) is 5.43. The molecular formula is C20H30O3Si. The molecule has 1 rings (SSSR count). The van der Waals surface area contributed by atoms with Crippen LogP contribution in [-0.2, 0) is 14.0 Å². The summed E-state index contributed by atoms with van der Waals surface area (Å²) in [7, 11) is -0.556. The fourth-order valence-electron chi connectivity index (χ4n) is 1.92.